The molecule has 0 aliphatic heterocycles. The Kier molecular flexibility index (Phi) is 4.90. The summed E-state index contributed by atoms with van der Waals surface area (Å²) in [6.07, 6.45) is -3.23. The van der Waals surface area contributed by atoms with Gasteiger partial charge in [-0.1, -0.05) is 36.4 Å². The summed E-state index contributed by atoms with van der Waals surface area (Å²) in [5.74, 6) is 0.319. The molecule has 0 saturated heterocycles. The van der Waals surface area contributed by atoms with Crippen LogP contribution in [0.4, 0.5) is 13.2 Å². The van der Waals surface area contributed by atoms with E-state index in [0.717, 1.165) is 11.6 Å². The molecule has 0 saturated carbocycles. The highest BCUT2D eigenvalue weighted by Gasteiger charge is 2.34. The molecule has 0 amide bonds. The quantitative estimate of drug-likeness (QED) is 0.645. The van der Waals surface area contributed by atoms with Crippen LogP contribution < -0.4 is 4.74 Å². The zero-order valence-corrected chi connectivity index (χ0v) is 13.5. The fraction of sp³-hybridized carbons (Fsp3) is 0.100. The van der Waals surface area contributed by atoms with E-state index in [1.807, 2.05) is 30.3 Å². The van der Waals surface area contributed by atoms with E-state index in [1.165, 1.54) is 30.5 Å². The summed E-state index contributed by atoms with van der Waals surface area (Å²) in [4.78, 5) is 4.08. The van der Waals surface area contributed by atoms with E-state index in [0.29, 0.717) is 18.1 Å². The minimum Gasteiger partial charge on any atom is -0.473 e. The van der Waals surface area contributed by atoms with Crippen LogP contribution >= 0.6 is 0 Å². The van der Waals surface area contributed by atoms with Crippen molar-refractivity contribution in [3.63, 3.8) is 0 Å². The number of hydrogen-bond donors (Lipinski definition) is 0. The van der Waals surface area contributed by atoms with Crippen LogP contribution in [0.3, 0.4) is 0 Å². The Morgan fingerprint density at radius 1 is 1.00 bits per heavy atom. The maximum atomic E-state index is 13.3. The smallest absolute Gasteiger partial charge is 0.417 e. The van der Waals surface area contributed by atoms with Crippen molar-refractivity contribution >= 4 is 0 Å². The van der Waals surface area contributed by atoms with Gasteiger partial charge in [0.1, 0.15) is 6.61 Å². The average molecular weight is 354 g/mol. The van der Waals surface area contributed by atoms with Crippen LogP contribution in [0.5, 0.6) is 5.88 Å². The Labute approximate surface area is 148 Å². The van der Waals surface area contributed by atoms with E-state index in [4.69, 9.17) is 10.00 Å². The zero-order valence-electron chi connectivity index (χ0n) is 13.5. The summed E-state index contributed by atoms with van der Waals surface area (Å²) in [7, 11) is 0. The molecule has 6 heteroatoms. The maximum Gasteiger partial charge on any atom is 0.417 e. The third kappa shape index (κ3) is 4.01. The maximum absolute atomic E-state index is 13.3. The third-order valence-electron chi connectivity index (χ3n) is 3.73. The first-order chi connectivity index (χ1) is 12.5. The Bertz CT molecular complexity index is 930. The van der Waals surface area contributed by atoms with Gasteiger partial charge < -0.3 is 4.74 Å². The van der Waals surface area contributed by atoms with Crippen molar-refractivity contribution in [3.05, 3.63) is 83.6 Å². The molecular weight excluding hydrogens is 341 g/mol. The molecule has 0 atom stereocenters. The largest absolute Gasteiger partial charge is 0.473 e. The Morgan fingerprint density at radius 2 is 1.77 bits per heavy atom. The van der Waals surface area contributed by atoms with Gasteiger partial charge in [0.25, 0.3) is 0 Å². The second kappa shape index (κ2) is 7.28. The average Bonchev–Trinajstić information content (AvgIpc) is 2.66. The van der Waals surface area contributed by atoms with Crippen LogP contribution in [0.25, 0.3) is 11.1 Å². The van der Waals surface area contributed by atoms with E-state index in [1.54, 1.807) is 6.07 Å². The fourth-order valence-electron chi connectivity index (χ4n) is 2.46. The number of hydrogen-bond acceptors (Lipinski definition) is 3. The second-order valence-electron chi connectivity index (χ2n) is 5.53. The molecule has 3 rings (SSSR count). The van der Waals surface area contributed by atoms with Crippen molar-refractivity contribution in [3.8, 4) is 23.1 Å². The van der Waals surface area contributed by atoms with E-state index in [2.05, 4.69) is 4.98 Å². The number of nitrogens with zero attached hydrogens (tertiary/aromatic N) is 2. The number of alkyl halides is 3. The minimum atomic E-state index is -4.56. The summed E-state index contributed by atoms with van der Waals surface area (Å²) < 4.78 is 45.4. The minimum absolute atomic E-state index is 0.0291. The van der Waals surface area contributed by atoms with E-state index in [9.17, 15) is 13.2 Å². The van der Waals surface area contributed by atoms with Crippen LogP contribution in [0, 0.1) is 11.3 Å². The first kappa shape index (κ1) is 17.5. The van der Waals surface area contributed by atoms with Crippen LogP contribution in [-0.2, 0) is 12.8 Å². The first-order valence-electron chi connectivity index (χ1n) is 7.72. The Balaban J connectivity index is 1.84. The number of benzene rings is 2. The van der Waals surface area contributed by atoms with Crippen molar-refractivity contribution in [1.82, 2.24) is 4.98 Å². The Hall–Kier alpha value is -3.33. The lowest BCUT2D eigenvalue weighted by Gasteiger charge is -2.13. The number of pyridine rings is 1. The summed E-state index contributed by atoms with van der Waals surface area (Å²) in [6, 6.07) is 17.7. The van der Waals surface area contributed by atoms with Crippen LogP contribution in [0.1, 0.15) is 16.7 Å². The Morgan fingerprint density at radius 3 is 2.38 bits per heavy atom. The SMILES string of the molecule is N#Cc1ccc(-c2ccc(OCc3ccccc3)nc2)c(C(F)(F)F)c1. The molecule has 0 bridgehead atoms. The molecule has 1 aromatic heterocycles. The molecule has 0 radical (unpaired) electrons. The van der Waals surface area contributed by atoms with Crippen molar-refractivity contribution in [1.29, 1.82) is 5.26 Å². The van der Waals surface area contributed by atoms with E-state index in [-0.39, 0.29) is 11.1 Å². The molecule has 3 nitrogen and oxygen atoms in total. The lowest BCUT2D eigenvalue weighted by molar-refractivity contribution is -0.137. The predicted octanol–water partition coefficient (Wildman–Crippen LogP) is 5.22. The molecular formula is C20H13F3N2O. The highest BCUT2D eigenvalue weighted by Crippen LogP contribution is 2.37. The van der Waals surface area contributed by atoms with Gasteiger partial charge in [0.2, 0.25) is 5.88 Å². The second-order valence-corrected chi connectivity index (χ2v) is 5.53. The van der Waals surface area contributed by atoms with Gasteiger partial charge in [0, 0.05) is 17.8 Å². The van der Waals surface area contributed by atoms with E-state index < -0.39 is 11.7 Å². The molecule has 0 N–H and O–H groups in total. The zero-order chi connectivity index (χ0) is 18.6. The van der Waals surface area contributed by atoms with Crippen LogP contribution in [-0.4, -0.2) is 4.98 Å². The third-order valence-corrected chi connectivity index (χ3v) is 3.73. The molecule has 0 unspecified atom stereocenters. The molecule has 2 aromatic carbocycles. The highest BCUT2D eigenvalue weighted by atomic mass is 19.4. The summed E-state index contributed by atoms with van der Waals surface area (Å²) in [5.41, 5.74) is 0.325. The van der Waals surface area contributed by atoms with Crippen molar-refractivity contribution in [2.45, 2.75) is 12.8 Å². The van der Waals surface area contributed by atoms with Crippen molar-refractivity contribution in [2.75, 3.05) is 0 Å². The van der Waals surface area contributed by atoms with Gasteiger partial charge in [-0.3, -0.25) is 0 Å². The number of nitriles is 1. The molecule has 0 aliphatic rings. The standard InChI is InChI=1S/C20H13F3N2O/c21-20(22,23)18-10-15(11-24)6-8-17(18)16-7-9-19(25-12-16)26-13-14-4-2-1-3-5-14/h1-10,12H,13H2. The molecule has 1 heterocycles. The molecule has 0 aliphatic carbocycles. The predicted molar refractivity (Wildman–Crippen MR) is 90.2 cm³/mol. The van der Waals surface area contributed by atoms with Crippen molar-refractivity contribution in [2.24, 2.45) is 0 Å². The number of halogens is 3. The van der Waals surface area contributed by atoms with Crippen molar-refractivity contribution < 1.29 is 17.9 Å². The van der Waals surface area contributed by atoms with Gasteiger partial charge >= 0.3 is 6.18 Å². The van der Waals surface area contributed by atoms with Gasteiger partial charge in [-0.15, -0.1) is 0 Å². The number of aromatic nitrogens is 1. The summed E-state index contributed by atoms with van der Waals surface area (Å²) in [6.45, 7) is 0.317. The molecule has 3 aromatic rings. The van der Waals surface area contributed by atoms with Gasteiger partial charge in [-0.25, -0.2) is 4.98 Å². The molecule has 0 spiro atoms. The lowest BCUT2D eigenvalue weighted by Crippen LogP contribution is -2.08. The number of ether oxygens (including phenoxy) is 1. The molecule has 0 fully saturated rings. The monoisotopic (exact) mass is 354 g/mol. The lowest BCUT2D eigenvalue weighted by atomic mass is 9.98. The summed E-state index contributed by atoms with van der Waals surface area (Å²) in [5, 5.41) is 8.83. The molecule has 26 heavy (non-hydrogen) atoms. The first-order valence-corrected chi connectivity index (χ1v) is 7.72. The van der Waals surface area contributed by atoms with Crippen LogP contribution in [0.15, 0.2) is 66.9 Å². The topological polar surface area (TPSA) is 45.9 Å². The normalized spacial score (nSPS) is 11.0. The van der Waals surface area contributed by atoms with Gasteiger partial charge in [-0.2, -0.15) is 18.4 Å². The molecule has 130 valence electrons. The van der Waals surface area contributed by atoms with Gasteiger partial charge in [0.05, 0.1) is 17.2 Å². The highest BCUT2D eigenvalue weighted by molar-refractivity contribution is 5.68. The fourth-order valence-corrected chi connectivity index (χ4v) is 2.46. The van der Waals surface area contributed by atoms with Gasteiger partial charge in [-0.05, 0) is 29.3 Å². The van der Waals surface area contributed by atoms with E-state index >= 15 is 0 Å². The number of rotatable bonds is 4. The van der Waals surface area contributed by atoms with Crippen LogP contribution in [0.2, 0.25) is 0 Å². The summed E-state index contributed by atoms with van der Waals surface area (Å²) >= 11 is 0. The van der Waals surface area contributed by atoms with Gasteiger partial charge in [0.15, 0.2) is 0 Å².